The number of amides is 2. The van der Waals surface area contributed by atoms with Crippen LogP contribution in [0.2, 0.25) is 20.1 Å². The summed E-state index contributed by atoms with van der Waals surface area (Å²) >= 11 is 24.3. The fourth-order valence-corrected chi connectivity index (χ4v) is 6.85. The van der Waals surface area contributed by atoms with Crippen molar-refractivity contribution in [3.05, 3.63) is 138 Å². The van der Waals surface area contributed by atoms with Crippen LogP contribution in [0.25, 0.3) is 0 Å². The van der Waals surface area contributed by atoms with Gasteiger partial charge in [-0.2, -0.15) is 0 Å². The van der Waals surface area contributed by atoms with Crippen molar-refractivity contribution in [3.63, 3.8) is 0 Å². The number of carbonyl (C=O) groups is 2. The molecular weight excluding hydrogens is 610 g/mol. The third-order valence-corrected chi connectivity index (χ3v) is 9.69. The zero-order valence-corrected chi connectivity index (χ0v) is 25.7. The van der Waals surface area contributed by atoms with E-state index < -0.39 is 0 Å². The fraction of sp³-hybridized carbons (Fsp3) is 0.235. The molecule has 4 aromatic carbocycles. The molecule has 0 heterocycles. The van der Waals surface area contributed by atoms with E-state index in [1.54, 1.807) is 0 Å². The molecule has 0 saturated heterocycles. The van der Waals surface area contributed by atoms with Gasteiger partial charge < -0.3 is 10.6 Å². The van der Waals surface area contributed by atoms with Gasteiger partial charge in [0.2, 0.25) is 12.8 Å². The molecule has 42 heavy (non-hydrogen) atoms. The standard InChI is InChI=1S/2C17H15Cl2NO/c2*18-15-7-5-11(9-16(15)19)12-6-8-17(20-10-21)14-4-2-1-3-13(12)14/h2*1-5,7,9-10,12,17H,6,8H2,(H,20,21)/t12-,17+;12-,17-/m00/s1. The summed E-state index contributed by atoms with van der Waals surface area (Å²) in [4.78, 5) is 21.5. The number of nitrogens with one attached hydrogen (secondary N) is 2. The van der Waals surface area contributed by atoms with Crippen molar-refractivity contribution >= 4 is 59.2 Å². The maximum absolute atomic E-state index is 10.8. The Bertz CT molecular complexity index is 1460. The van der Waals surface area contributed by atoms with E-state index in [0.29, 0.717) is 31.9 Å². The lowest BCUT2D eigenvalue weighted by Gasteiger charge is -2.31. The molecule has 4 atom stereocenters. The maximum Gasteiger partial charge on any atom is 0.207 e. The third-order valence-electron chi connectivity index (χ3n) is 8.21. The largest absolute Gasteiger partial charge is 0.352 e. The maximum atomic E-state index is 10.8. The minimum atomic E-state index is 0.0951. The van der Waals surface area contributed by atoms with Gasteiger partial charge in [-0.1, -0.05) is 107 Å². The third kappa shape index (κ3) is 6.63. The van der Waals surface area contributed by atoms with Crippen LogP contribution < -0.4 is 10.6 Å². The molecule has 2 aliphatic carbocycles. The summed E-state index contributed by atoms with van der Waals surface area (Å²) in [5.74, 6) is 0.585. The predicted octanol–water partition coefficient (Wildman–Crippen LogP) is 9.41. The Labute approximate surface area is 266 Å². The Kier molecular flexibility index (Phi) is 10.1. The normalized spacial score (nSPS) is 20.7. The highest BCUT2D eigenvalue weighted by Crippen LogP contribution is 2.43. The fourth-order valence-electron chi connectivity index (χ4n) is 6.24. The molecule has 0 unspecified atom stereocenters. The second kappa shape index (κ2) is 14.0. The monoisotopic (exact) mass is 638 g/mol. The van der Waals surface area contributed by atoms with E-state index in [1.807, 2.05) is 60.7 Å². The highest BCUT2D eigenvalue weighted by Gasteiger charge is 2.29. The van der Waals surface area contributed by atoms with E-state index in [-0.39, 0.29) is 12.1 Å². The Morgan fingerprint density at radius 3 is 1.24 bits per heavy atom. The molecule has 0 bridgehead atoms. The summed E-state index contributed by atoms with van der Waals surface area (Å²) in [5.41, 5.74) is 7.21. The smallest absolute Gasteiger partial charge is 0.207 e. The van der Waals surface area contributed by atoms with Gasteiger partial charge in [-0.3, -0.25) is 9.59 Å². The van der Waals surface area contributed by atoms with E-state index >= 15 is 0 Å². The van der Waals surface area contributed by atoms with Gasteiger partial charge in [0.15, 0.2) is 0 Å². The molecule has 0 aromatic heterocycles. The first-order valence-corrected chi connectivity index (χ1v) is 15.4. The first-order valence-electron chi connectivity index (χ1n) is 13.9. The van der Waals surface area contributed by atoms with Crippen LogP contribution in [0, 0.1) is 0 Å². The van der Waals surface area contributed by atoms with E-state index in [1.165, 1.54) is 33.4 Å². The minimum Gasteiger partial charge on any atom is -0.352 e. The molecule has 0 saturated carbocycles. The van der Waals surface area contributed by atoms with Crippen LogP contribution in [0.1, 0.15) is 83.0 Å². The van der Waals surface area contributed by atoms with Gasteiger partial charge in [-0.25, -0.2) is 0 Å². The van der Waals surface area contributed by atoms with Crippen LogP contribution in [-0.2, 0) is 9.59 Å². The Morgan fingerprint density at radius 1 is 0.500 bits per heavy atom. The molecule has 0 radical (unpaired) electrons. The van der Waals surface area contributed by atoms with Gasteiger partial charge in [-0.15, -0.1) is 0 Å². The van der Waals surface area contributed by atoms with Crippen LogP contribution in [0.5, 0.6) is 0 Å². The molecular formula is C34H30Cl4N2O2. The number of benzene rings is 4. The van der Waals surface area contributed by atoms with Crippen LogP contribution in [0.3, 0.4) is 0 Å². The molecule has 216 valence electrons. The lowest BCUT2D eigenvalue weighted by molar-refractivity contribution is -0.111. The summed E-state index contributed by atoms with van der Waals surface area (Å²) in [6, 6.07) is 28.3. The van der Waals surface area contributed by atoms with Crippen molar-refractivity contribution in [2.24, 2.45) is 0 Å². The molecule has 0 spiro atoms. The lowest BCUT2D eigenvalue weighted by atomic mass is 9.77. The lowest BCUT2D eigenvalue weighted by Crippen LogP contribution is -2.26. The summed E-state index contributed by atoms with van der Waals surface area (Å²) < 4.78 is 0. The van der Waals surface area contributed by atoms with E-state index in [0.717, 1.165) is 38.5 Å². The topological polar surface area (TPSA) is 58.2 Å². The summed E-state index contributed by atoms with van der Waals surface area (Å²) in [6.07, 6.45) is 5.34. The van der Waals surface area contributed by atoms with Gasteiger partial charge in [0.05, 0.1) is 32.2 Å². The molecule has 2 amide bonds. The van der Waals surface area contributed by atoms with Gasteiger partial charge >= 0.3 is 0 Å². The number of rotatable bonds is 6. The molecule has 2 N–H and O–H groups in total. The summed E-state index contributed by atoms with van der Waals surface area (Å²) in [6.45, 7) is 0. The van der Waals surface area contributed by atoms with Gasteiger partial charge in [-0.05, 0) is 83.3 Å². The second-order valence-electron chi connectivity index (χ2n) is 10.5. The van der Waals surface area contributed by atoms with Crippen molar-refractivity contribution in [1.82, 2.24) is 10.6 Å². The molecule has 4 aromatic rings. The SMILES string of the molecule is O=CN[C@@H]1CC[C@@H](c2ccc(Cl)c(Cl)c2)c2ccccc21.O=CN[C@H]1CC[C@@H](c2ccc(Cl)c(Cl)c2)c2ccccc21. The molecule has 2 aliphatic rings. The van der Waals surface area contributed by atoms with Crippen molar-refractivity contribution in [3.8, 4) is 0 Å². The second-order valence-corrected chi connectivity index (χ2v) is 12.2. The zero-order chi connectivity index (χ0) is 29.6. The van der Waals surface area contributed by atoms with Crippen LogP contribution in [0.4, 0.5) is 0 Å². The van der Waals surface area contributed by atoms with Crippen LogP contribution in [-0.4, -0.2) is 12.8 Å². The van der Waals surface area contributed by atoms with Gasteiger partial charge in [0, 0.05) is 11.8 Å². The zero-order valence-electron chi connectivity index (χ0n) is 22.7. The molecule has 4 nitrogen and oxygen atoms in total. The number of hydrogen-bond acceptors (Lipinski definition) is 2. The molecule has 0 fully saturated rings. The van der Waals surface area contributed by atoms with Crippen LogP contribution in [0.15, 0.2) is 84.9 Å². The van der Waals surface area contributed by atoms with Crippen molar-refractivity contribution in [2.45, 2.75) is 49.6 Å². The summed E-state index contributed by atoms with van der Waals surface area (Å²) in [5, 5.41) is 8.13. The minimum absolute atomic E-state index is 0.0951. The van der Waals surface area contributed by atoms with Crippen molar-refractivity contribution in [1.29, 1.82) is 0 Å². The first-order chi connectivity index (χ1) is 20.4. The quantitative estimate of drug-likeness (QED) is 0.207. The Balaban J connectivity index is 0.000000168. The molecule has 8 heteroatoms. The van der Waals surface area contributed by atoms with E-state index in [4.69, 9.17) is 46.4 Å². The average Bonchev–Trinajstić information content (AvgIpc) is 3.01. The average molecular weight is 640 g/mol. The Morgan fingerprint density at radius 2 is 0.881 bits per heavy atom. The van der Waals surface area contributed by atoms with E-state index in [2.05, 4.69) is 34.9 Å². The predicted molar refractivity (Wildman–Crippen MR) is 172 cm³/mol. The number of halogens is 4. The van der Waals surface area contributed by atoms with Gasteiger partial charge in [0.25, 0.3) is 0 Å². The molecule has 0 aliphatic heterocycles. The highest BCUT2D eigenvalue weighted by molar-refractivity contribution is 6.42. The summed E-state index contributed by atoms with van der Waals surface area (Å²) in [7, 11) is 0. The van der Waals surface area contributed by atoms with Gasteiger partial charge in [0.1, 0.15) is 0 Å². The first kappa shape index (κ1) is 30.4. The number of hydrogen-bond donors (Lipinski definition) is 2. The van der Waals surface area contributed by atoms with Crippen molar-refractivity contribution < 1.29 is 9.59 Å². The van der Waals surface area contributed by atoms with Crippen molar-refractivity contribution in [2.75, 3.05) is 0 Å². The Hall–Kier alpha value is -3.02. The highest BCUT2D eigenvalue weighted by atomic mass is 35.5. The number of carbonyl (C=O) groups excluding carboxylic acids is 2. The van der Waals surface area contributed by atoms with Crippen LogP contribution >= 0.6 is 46.4 Å². The molecule has 6 rings (SSSR count). The van der Waals surface area contributed by atoms with E-state index in [9.17, 15) is 9.59 Å². The number of fused-ring (bicyclic) bond motifs is 2.